The number of fused-ring (bicyclic) bond motifs is 1. The van der Waals surface area contributed by atoms with Crippen molar-refractivity contribution in [2.24, 2.45) is 4.99 Å². The molecular formula is C32H23BrFN3O3S2. The van der Waals surface area contributed by atoms with Gasteiger partial charge in [-0.15, -0.1) is 11.3 Å². The molecule has 0 radical (unpaired) electrons. The third-order valence-electron chi connectivity index (χ3n) is 6.67. The molecule has 3 aromatic carbocycles. The Morgan fingerprint density at radius 1 is 1.10 bits per heavy atom. The molecule has 1 aliphatic rings. The molecule has 0 bridgehead atoms. The number of nitrogens with one attached hydrogen (secondary N) is 1. The molecule has 0 aliphatic carbocycles. The van der Waals surface area contributed by atoms with E-state index in [4.69, 9.17) is 9.73 Å². The van der Waals surface area contributed by atoms with Crippen LogP contribution in [0.25, 0.3) is 6.08 Å². The summed E-state index contributed by atoms with van der Waals surface area (Å²) in [5, 5.41) is 4.89. The van der Waals surface area contributed by atoms with Crippen LogP contribution in [0.2, 0.25) is 0 Å². The Balaban J connectivity index is 1.33. The van der Waals surface area contributed by atoms with E-state index in [-0.39, 0.29) is 17.3 Å². The molecule has 0 fully saturated rings. The van der Waals surface area contributed by atoms with E-state index in [0.29, 0.717) is 38.6 Å². The first-order valence-electron chi connectivity index (χ1n) is 13.0. The van der Waals surface area contributed by atoms with Gasteiger partial charge in [-0.1, -0.05) is 53.8 Å². The summed E-state index contributed by atoms with van der Waals surface area (Å²) in [6.45, 7) is 2.10. The molecular weight excluding hydrogens is 637 g/mol. The summed E-state index contributed by atoms with van der Waals surface area (Å²) in [5.41, 5.74) is 3.10. The van der Waals surface area contributed by atoms with E-state index in [0.717, 1.165) is 20.5 Å². The first-order chi connectivity index (χ1) is 20.4. The molecule has 1 aliphatic heterocycles. The van der Waals surface area contributed by atoms with Crippen molar-refractivity contribution < 1.29 is 13.9 Å². The van der Waals surface area contributed by atoms with Gasteiger partial charge in [-0.05, 0) is 87.9 Å². The number of hydrogen-bond acceptors (Lipinski definition) is 6. The van der Waals surface area contributed by atoms with Gasteiger partial charge in [-0.25, -0.2) is 9.38 Å². The summed E-state index contributed by atoms with van der Waals surface area (Å²) in [6, 6.07) is 24.2. The van der Waals surface area contributed by atoms with Crippen molar-refractivity contribution in [3.63, 3.8) is 0 Å². The fraction of sp³-hybridized carbons (Fsp3) is 0.0938. The molecule has 0 spiro atoms. The lowest BCUT2D eigenvalue weighted by Gasteiger charge is -2.24. The molecule has 10 heteroatoms. The Kier molecular flexibility index (Phi) is 8.01. The third-order valence-corrected chi connectivity index (χ3v) is 9.20. The average Bonchev–Trinajstić information content (AvgIpc) is 3.62. The number of carbonyl (C=O) groups is 1. The number of halogens is 2. The smallest absolute Gasteiger partial charge is 0.271 e. The van der Waals surface area contributed by atoms with Gasteiger partial charge in [0.15, 0.2) is 4.80 Å². The lowest BCUT2D eigenvalue weighted by Crippen LogP contribution is -2.40. The number of amides is 1. The SMILES string of the molecule is CC1=C(C(=O)Nc2ccccc2)[C@@H](c2cccs2)n2c(s/c(=C\c3ccc(OCc4ccc(F)cc4)c(Br)c3)c2=O)=N1. The van der Waals surface area contributed by atoms with Gasteiger partial charge in [0.05, 0.1) is 20.3 Å². The van der Waals surface area contributed by atoms with Gasteiger partial charge >= 0.3 is 0 Å². The molecule has 0 saturated heterocycles. The number of carbonyl (C=O) groups excluding carboxylic acids is 1. The lowest BCUT2D eigenvalue weighted by molar-refractivity contribution is -0.113. The summed E-state index contributed by atoms with van der Waals surface area (Å²) in [6.07, 6.45) is 1.81. The zero-order chi connectivity index (χ0) is 29.2. The molecule has 6 nitrogen and oxygen atoms in total. The van der Waals surface area contributed by atoms with Crippen LogP contribution in [0.3, 0.4) is 0 Å². The first kappa shape index (κ1) is 28.0. The number of thiophene rings is 1. The normalized spacial score (nSPS) is 14.8. The molecule has 1 amide bonds. The van der Waals surface area contributed by atoms with Crippen LogP contribution in [0.1, 0.15) is 29.0 Å². The maximum Gasteiger partial charge on any atom is 0.271 e. The predicted octanol–water partition coefficient (Wildman–Crippen LogP) is 6.42. The van der Waals surface area contributed by atoms with E-state index in [1.54, 1.807) is 23.6 Å². The van der Waals surface area contributed by atoms with Crippen LogP contribution in [0.5, 0.6) is 5.75 Å². The lowest BCUT2D eigenvalue weighted by atomic mass is 10.0. The summed E-state index contributed by atoms with van der Waals surface area (Å²) >= 11 is 6.34. The number of anilines is 1. The van der Waals surface area contributed by atoms with E-state index in [1.807, 2.05) is 72.1 Å². The van der Waals surface area contributed by atoms with Crippen molar-refractivity contribution in [1.82, 2.24) is 4.57 Å². The van der Waals surface area contributed by atoms with Crippen LogP contribution < -0.4 is 24.9 Å². The van der Waals surface area contributed by atoms with Gasteiger partial charge in [-0.2, -0.15) is 0 Å². The summed E-state index contributed by atoms with van der Waals surface area (Å²) < 4.78 is 21.9. The van der Waals surface area contributed by atoms with Crippen LogP contribution >= 0.6 is 38.6 Å². The number of rotatable bonds is 7. The maximum atomic E-state index is 13.9. The topological polar surface area (TPSA) is 72.7 Å². The monoisotopic (exact) mass is 659 g/mol. The number of aromatic nitrogens is 1. The van der Waals surface area contributed by atoms with Crippen molar-refractivity contribution in [1.29, 1.82) is 0 Å². The standard InChI is InChI=1S/C32H23BrFN3O3S2/c1-19-28(30(38)36-23-6-3-2-4-7-23)29(26-8-5-15-41-26)37-31(39)27(42-32(37)35-19)17-21-11-14-25(24(33)16-21)40-18-20-9-12-22(34)13-10-20/h2-17,29H,18H2,1H3,(H,36,38)/b27-17-/t29-/m1/s1. The number of allylic oxidation sites excluding steroid dienone is 1. The minimum atomic E-state index is -0.596. The highest BCUT2D eigenvalue weighted by molar-refractivity contribution is 9.10. The van der Waals surface area contributed by atoms with Crippen LogP contribution in [0.15, 0.2) is 116 Å². The number of thiazole rings is 1. The summed E-state index contributed by atoms with van der Waals surface area (Å²) in [4.78, 5) is 33.5. The zero-order valence-corrected chi connectivity index (χ0v) is 25.4. The number of para-hydroxylation sites is 1. The molecule has 0 saturated carbocycles. The van der Waals surface area contributed by atoms with Crippen LogP contribution in [0, 0.1) is 5.82 Å². The Bertz CT molecular complexity index is 1980. The van der Waals surface area contributed by atoms with E-state index < -0.39 is 6.04 Å². The molecule has 2 aromatic heterocycles. The molecule has 1 N–H and O–H groups in total. The van der Waals surface area contributed by atoms with Gasteiger partial charge in [0.2, 0.25) is 0 Å². The van der Waals surface area contributed by atoms with Gasteiger partial charge in [0.1, 0.15) is 24.2 Å². The number of benzene rings is 3. The Labute approximate surface area is 256 Å². The molecule has 1 atom stereocenters. The predicted molar refractivity (Wildman–Crippen MR) is 168 cm³/mol. The van der Waals surface area contributed by atoms with Gasteiger partial charge in [0.25, 0.3) is 11.5 Å². The van der Waals surface area contributed by atoms with Crippen molar-refractivity contribution in [2.75, 3.05) is 5.32 Å². The van der Waals surface area contributed by atoms with Crippen LogP contribution in [-0.4, -0.2) is 10.5 Å². The summed E-state index contributed by atoms with van der Waals surface area (Å²) in [7, 11) is 0. The second-order valence-electron chi connectivity index (χ2n) is 9.52. The van der Waals surface area contributed by atoms with Crippen molar-refractivity contribution >= 4 is 56.3 Å². The molecule has 3 heterocycles. The average molecular weight is 661 g/mol. The van der Waals surface area contributed by atoms with Gasteiger partial charge in [0, 0.05) is 10.6 Å². The largest absolute Gasteiger partial charge is 0.488 e. The van der Waals surface area contributed by atoms with Crippen LogP contribution in [-0.2, 0) is 11.4 Å². The highest BCUT2D eigenvalue weighted by atomic mass is 79.9. The van der Waals surface area contributed by atoms with Crippen LogP contribution in [0.4, 0.5) is 10.1 Å². The van der Waals surface area contributed by atoms with E-state index >= 15 is 0 Å². The number of ether oxygens (including phenoxy) is 1. The molecule has 210 valence electrons. The quantitative estimate of drug-likeness (QED) is 0.219. The van der Waals surface area contributed by atoms with Crippen molar-refractivity contribution in [2.45, 2.75) is 19.6 Å². The molecule has 42 heavy (non-hydrogen) atoms. The third kappa shape index (κ3) is 5.78. The highest BCUT2D eigenvalue weighted by Crippen LogP contribution is 2.33. The Morgan fingerprint density at radius 2 is 1.88 bits per heavy atom. The maximum absolute atomic E-state index is 13.9. The van der Waals surface area contributed by atoms with Crippen molar-refractivity contribution in [3.8, 4) is 5.75 Å². The Morgan fingerprint density at radius 3 is 2.60 bits per heavy atom. The minimum absolute atomic E-state index is 0.220. The molecule has 6 rings (SSSR count). The van der Waals surface area contributed by atoms with E-state index in [1.165, 1.54) is 34.8 Å². The fourth-order valence-electron chi connectivity index (χ4n) is 4.66. The zero-order valence-electron chi connectivity index (χ0n) is 22.2. The highest BCUT2D eigenvalue weighted by Gasteiger charge is 2.33. The number of hydrogen-bond donors (Lipinski definition) is 1. The fourth-order valence-corrected chi connectivity index (χ4v) is 7.05. The molecule has 5 aromatic rings. The summed E-state index contributed by atoms with van der Waals surface area (Å²) in [5.74, 6) is 0.0359. The second kappa shape index (κ2) is 12.0. The first-order valence-corrected chi connectivity index (χ1v) is 15.5. The van der Waals surface area contributed by atoms with E-state index in [2.05, 4.69) is 21.2 Å². The minimum Gasteiger partial charge on any atom is -0.488 e. The van der Waals surface area contributed by atoms with E-state index in [9.17, 15) is 14.0 Å². The molecule has 0 unspecified atom stereocenters. The Hall–Kier alpha value is -4.12. The van der Waals surface area contributed by atoms with Crippen molar-refractivity contribution in [3.05, 3.63) is 148 Å². The number of nitrogens with zero attached hydrogens (tertiary/aromatic N) is 2. The van der Waals surface area contributed by atoms with Gasteiger partial charge < -0.3 is 10.1 Å². The second-order valence-corrected chi connectivity index (χ2v) is 12.4. The van der Waals surface area contributed by atoms with Gasteiger partial charge in [-0.3, -0.25) is 14.2 Å².